The minimum absolute atomic E-state index is 0.106. The first kappa shape index (κ1) is 13.1. The Morgan fingerprint density at radius 1 is 1.50 bits per heavy atom. The summed E-state index contributed by atoms with van der Waals surface area (Å²) in [6.45, 7) is 3.82. The summed E-state index contributed by atoms with van der Waals surface area (Å²) in [6.07, 6.45) is 0.245. The fourth-order valence-electron chi connectivity index (χ4n) is 2.85. The molecule has 2 aliphatic rings. The van der Waals surface area contributed by atoms with Crippen LogP contribution in [-0.2, 0) is 0 Å². The summed E-state index contributed by atoms with van der Waals surface area (Å²) >= 11 is 0. The van der Waals surface area contributed by atoms with Gasteiger partial charge in [0, 0.05) is 5.92 Å². The molecule has 4 atom stereocenters. The molecule has 6 N–H and O–H groups in total. The van der Waals surface area contributed by atoms with Gasteiger partial charge in [0.2, 0.25) is 0 Å². The van der Waals surface area contributed by atoms with Crippen LogP contribution in [0.1, 0.15) is 24.4 Å². The van der Waals surface area contributed by atoms with Gasteiger partial charge in [-0.05, 0) is 12.0 Å². The Morgan fingerprint density at radius 2 is 2.25 bits per heavy atom. The molecule has 2 heterocycles. The monoisotopic (exact) mass is 279 g/mol. The third-order valence-corrected chi connectivity index (χ3v) is 3.94. The topological polar surface area (TPSA) is 129 Å². The number of aromatic nitrogens is 2. The second kappa shape index (κ2) is 4.58. The first-order valence-electron chi connectivity index (χ1n) is 6.35. The molecule has 0 spiro atoms. The number of nitrogens with zero attached hydrogens (tertiary/aromatic N) is 3. The number of nitrogens with one attached hydrogen (secondary N) is 1. The molecule has 0 saturated heterocycles. The second-order valence-corrected chi connectivity index (χ2v) is 5.08. The highest BCUT2D eigenvalue weighted by atomic mass is 16.3. The maximum atomic E-state index is 9.96. The molecule has 1 aromatic rings. The van der Waals surface area contributed by atoms with Crippen molar-refractivity contribution in [2.75, 3.05) is 11.9 Å². The van der Waals surface area contributed by atoms with Crippen molar-refractivity contribution in [1.82, 2.24) is 9.55 Å². The number of anilines is 1. The first-order chi connectivity index (χ1) is 9.52. The van der Waals surface area contributed by atoms with E-state index in [0.717, 1.165) is 5.57 Å². The summed E-state index contributed by atoms with van der Waals surface area (Å²) in [4.78, 5) is 7.91. The number of rotatable bonds is 2. The summed E-state index contributed by atoms with van der Waals surface area (Å²) in [5.41, 5.74) is 6.73. The van der Waals surface area contributed by atoms with E-state index in [2.05, 4.69) is 21.9 Å². The Bertz CT molecular complexity index is 582. The summed E-state index contributed by atoms with van der Waals surface area (Å²) in [5, 5.41) is 31.9. The van der Waals surface area contributed by atoms with Crippen molar-refractivity contribution in [2.45, 2.75) is 24.8 Å². The van der Waals surface area contributed by atoms with E-state index in [9.17, 15) is 15.3 Å². The Balaban J connectivity index is 1.96. The fourth-order valence-corrected chi connectivity index (χ4v) is 2.85. The number of aliphatic imine (C=N–C) groups is 1. The molecule has 1 aromatic heterocycles. The average molecular weight is 279 g/mol. The van der Waals surface area contributed by atoms with Crippen LogP contribution < -0.4 is 11.1 Å². The zero-order valence-corrected chi connectivity index (χ0v) is 10.8. The average Bonchev–Trinajstić information content (AvgIpc) is 2.91. The minimum atomic E-state index is -1.10. The van der Waals surface area contributed by atoms with Crippen molar-refractivity contribution in [3.63, 3.8) is 0 Å². The number of imidazole rings is 1. The Labute approximate surface area is 115 Å². The smallest absolute Gasteiger partial charge is 0.197 e. The Hall–Kier alpha value is -1.90. The minimum Gasteiger partial charge on any atom is -0.396 e. The standard InChI is InChI=1S/C12H17N5O3/c1-5-6(3-18)8(19)2-7(5)17-4-14-9-10(17)15-12(13)16-11(9)20/h4,6-8,11,18-20H,1-3H2,(H3,13,15,16)/t6-,7-,8-,11?/m0/s1. The van der Waals surface area contributed by atoms with Crippen molar-refractivity contribution in [2.24, 2.45) is 16.6 Å². The van der Waals surface area contributed by atoms with E-state index in [4.69, 9.17) is 5.73 Å². The van der Waals surface area contributed by atoms with E-state index < -0.39 is 12.3 Å². The number of aliphatic hydroxyl groups is 3. The molecular formula is C12H17N5O3. The van der Waals surface area contributed by atoms with E-state index in [1.165, 1.54) is 0 Å². The molecule has 1 saturated carbocycles. The SMILES string of the molecule is C=C1[C@H](CO)[C@@H](O)C[C@@H]1n1cnc2c1NC(N)=NC2O. The van der Waals surface area contributed by atoms with Crippen LogP contribution in [-0.4, -0.2) is 43.5 Å². The highest BCUT2D eigenvalue weighted by molar-refractivity contribution is 5.93. The van der Waals surface area contributed by atoms with E-state index >= 15 is 0 Å². The lowest BCUT2D eigenvalue weighted by Crippen LogP contribution is -2.29. The van der Waals surface area contributed by atoms with Gasteiger partial charge in [-0.2, -0.15) is 0 Å². The summed E-state index contributed by atoms with van der Waals surface area (Å²) in [7, 11) is 0. The molecule has 0 radical (unpaired) electrons. The normalized spacial score (nSPS) is 32.8. The van der Waals surface area contributed by atoms with E-state index in [1.807, 2.05) is 0 Å². The van der Waals surface area contributed by atoms with Crippen molar-refractivity contribution < 1.29 is 15.3 Å². The van der Waals surface area contributed by atoms with Crippen molar-refractivity contribution >= 4 is 11.8 Å². The van der Waals surface area contributed by atoms with E-state index in [0.29, 0.717) is 17.9 Å². The summed E-state index contributed by atoms with van der Waals surface area (Å²) < 4.78 is 1.77. The zero-order chi connectivity index (χ0) is 14.4. The number of hydrogen-bond donors (Lipinski definition) is 5. The second-order valence-electron chi connectivity index (χ2n) is 5.08. The lowest BCUT2D eigenvalue weighted by molar-refractivity contribution is 0.101. The van der Waals surface area contributed by atoms with Gasteiger partial charge in [0.05, 0.1) is 25.1 Å². The first-order valence-corrected chi connectivity index (χ1v) is 6.35. The van der Waals surface area contributed by atoms with Crippen LogP contribution in [0.4, 0.5) is 5.82 Å². The number of nitrogens with two attached hydrogens (primary N) is 1. The van der Waals surface area contributed by atoms with Crippen molar-refractivity contribution in [3.05, 3.63) is 24.2 Å². The molecule has 1 aliphatic heterocycles. The molecule has 1 fully saturated rings. The van der Waals surface area contributed by atoms with Gasteiger partial charge in [-0.3, -0.25) is 0 Å². The molecule has 0 aromatic carbocycles. The van der Waals surface area contributed by atoms with Crippen LogP contribution in [0.3, 0.4) is 0 Å². The number of fused-ring (bicyclic) bond motifs is 1. The van der Waals surface area contributed by atoms with Gasteiger partial charge in [-0.15, -0.1) is 0 Å². The van der Waals surface area contributed by atoms with Crippen LogP contribution in [0.15, 0.2) is 23.5 Å². The molecule has 0 bridgehead atoms. The molecule has 20 heavy (non-hydrogen) atoms. The molecule has 108 valence electrons. The predicted octanol–water partition coefficient (Wildman–Crippen LogP) is -0.915. The van der Waals surface area contributed by atoms with Gasteiger partial charge in [0.15, 0.2) is 12.2 Å². The van der Waals surface area contributed by atoms with E-state index in [1.54, 1.807) is 10.9 Å². The van der Waals surface area contributed by atoms with Gasteiger partial charge < -0.3 is 30.9 Å². The number of guanidine groups is 1. The highest BCUT2D eigenvalue weighted by Crippen LogP contribution is 2.41. The van der Waals surface area contributed by atoms with Crippen LogP contribution in [0.5, 0.6) is 0 Å². The molecule has 8 heteroatoms. The van der Waals surface area contributed by atoms with Crippen LogP contribution in [0.25, 0.3) is 0 Å². The molecule has 3 rings (SSSR count). The molecular weight excluding hydrogens is 262 g/mol. The molecule has 1 aliphatic carbocycles. The number of hydrogen-bond acceptors (Lipinski definition) is 7. The zero-order valence-electron chi connectivity index (χ0n) is 10.8. The lowest BCUT2D eigenvalue weighted by atomic mass is 10.0. The lowest BCUT2D eigenvalue weighted by Gasteiger charge is -2.22. The van der Waals surface area contributed by atoms with E-state index in [-0.39, 0.29) is 24.5 Å². The summed E-state index contributed by atoms with van der Waals surface area (Å²) in [6, 6.07) is -0.205. The van der Waals surface area contributed by atoms with Crippen LogP contribution >= 0.6 is 0 Å². The third kappa shape index (κ3) is 1.80. The molecule has 1 unspecified atom stereocenters. The quantitative estimate of drug-likeness (QED) is 0.445. The maximum absolute atomic E-state index is 9.96. The van der Waals surface area contributed by atoms with Gasteiger partial charge >= 0.3 is 0 Å². The predicted molar refractivity (Wildman–Crippen MR) is 71.8 cm³/mol. The largest absolute Gasteiger partial charge is 0.396 e. The van der Waals surface area contributed by atoms with Crippen molar-refractivity contribution in [3.8, 4) is 0 Å². The van der Waals surface area contributed by atoms with Gasteiger partial charge in [-0.1, -0.05) is 6.58 Å². The Kier molecular flexibility index (Phi) is 3.00. The van der Waals surface area contributed by atoms with Crippen molar-refractivity contribution in [1.29, 1.82) is 0 Å². The highest BCUT2D eigenvalue weighted by Gasteiger charge is 2.39. The summed E-state index contributed by atoms with van der Waals surface area (Å²) in [5.74, 6) is 0.300. The Morgan fingerprint density at radius 3 is 2.90 bits per heavy atom. The fraction of sp³-hybridized carbons (Fsp3) is 0.500. The van der Waals surface area contributed by atoms with Crippen LogP contribution in [0.2, 0.25) is 0 Å². The van der Waals surface area contributed by atoms with Gasteiger partial charge in [0.25, 0.3) is 0 Å². The van der Waals surface area contributed by atoms with Gasteiger partial charge in [-0.25, -0.2) is 9.98 Å². The van der Waals surface area contributed by atoms with Crippen LogP contribution in [0, 0.1) is 5.92 Å². The van der Waals surface area contributed by atoms with Gasteiger partial charge in [0.1, 0.15) is 11.5 Å². The molecule has 8 nitrogen and oxygen atoms in total. The third-order valence-electron chi connectivity index (χ3n) is 3.94. The number of aliphatic hydroxyl groups excluding tert-OH is 3. The maximum Gasteiger partial charge on any atom is 0.197 e. The molecule has 0 amide bonds.